The van der Waals surface area contributed by atoms with Gasteiger partial charge in [-0.25, -0.2) is 4.79 Å². The molecule has 1 heterocycles. The Labute approximate surface area is 140 Å². The first-order valence-corrected chi connectivity index (χ1v) is 8.06. The molecular formula is C16H21ClN2O4. The molecule has 6 nitrogen and oxygen atoms in total. The van der Waals surface area contributed by atoms with E-state index in [1.807, 2.05) is 19.1 Å². The van der Waals surface area contributed by atoms with Crippen LogP contribution in [0.25, 0.3) is 0 Å². The lowest BCUT2D eigenvalue weighted by molar-refractivity contribution is -0.141. The number of carbonyl (C=O) groups excluding carboxylic acids is 1. The van der Waals surface area contributed by atoms with Gasteiger partial charge in [0.2, 0.25) is 0 Å². The van der Waals surface area contributed by atoms with Gasteiger partial charge in [0.15, 0.2) is 0 Å². The first-order valence-electron chi connectivity index (χ1n) is 7.68. The van der Waals surface area contributed by atoms with Gasteiger partial charge >= 0.3 is 12.0 Å². The maximum atomic E-state index is 12.0. The number of rotatable bonds is 6. The fourth-order valence-electron chi connectivity index (χ4n) is 2.60. The number of hydrogen-bond acceptors (Lipinski definition) is 3. The van der Waals surface area contributed by atoms with Crippen LogP contribution in [0.3, 0.4) is 0 Å². The summed E-state index contributed by atoms with van der Waals surface area (Å²) >= 11 is 6.00. The van der Waals surface area contributed by atoms with Crippen LogP contribution in [0.2, 0.25) is 5.02 Å². The van der Waals surface area contributed by atoms with Gasteiger partial charge in [0.1, 0.15) is 5.75 Å². The standard InChI is InChI=1S/C16H21ClN2O4/c1-2-23-14-4-3-13(17)9-11(14)5-7-18-16(22)19-8-6-12(10-19)15(20)21/h3-4,9,12H,2,5-8,10H2,1H3,(H,18,22)(H,20,21). The fourth-order valence-corrected chi connectivity index (χ4v) is 2.80. The number of halogens is 1. The number of carboxylic acids is 1. The molecule has 0 radical (unpaired) electrons. The molecule has 0 saturated carbocycles. The third-order valence-electron chi connectivity index (χ3n) is 3.82. The van der Waals surface area contributed by atoms with E-state index in [0.717, 1.165) is 11.3 Å². The highest BCUT2D eigenvalue weighted by atomic mass is 35.5. The topological polar surface area (TPSA) is 78.9 Å². The summed E-state index contributed by atoms with van der Waals surface area (Å²) in [6.45, 7) is 3.65. The summed E-state index contributed by atoms with van der Waals surface area (Å²) in [5.74, 6) is -0.544. The van der Waals surface area contributed by atoms with E-state index in [1.165, 1.54) is 0 Å². The highest BCUT2D eigenvalue weighted by molar-refractivity contribution is 6.30. The zero-order chi connectivity index (χ0) is 16.8. The quantitative estimate of drug-likeness (QED) is 0.833. The highest BCUT2D eigenvalue weighted by Gasteiger charge is 2.30. The number of aliphatic carboxylic acids is 1. The van der Waals surface area contributed by atoms with Crippen molar-refractivity contribution >= 4 is 23.6 Å². The summed E-state index contributed by atoms with van der Waals surface area (Å²) < 4.78 is 5.54. The lowest BCUT2D eigenvalue weighted by atomic mass is 10.1. The van der Waals surface area contributed by atoms with Crippen LogP contribution in [0.15, 0.2) is 18.2 Å². The number of ether oxygens (including phenoxy) is 1. The molecule has 1 saturated heterocycles. The van der Waals surface area contributed by atoms with Gasteiger partial charge in [-0.05, 0) is 43.5 Å². The Morgan fingerprint density at radius 3 is 2.91 bits per heavy atom. The Morgan fingerprint density at radius 1 is 1.48 bits per heavy atom. The Hall–Kier alpha value is -1.95. The number of carboxylic acid groups (broad SMARTS) is 1. The Bertz CT molecular complexity index is 579. The SMILES string of the molecule is CCOc1ccc(Cl)cc1CCNC(=O)N1CCC(C(=O)O)C1. The summed E-state index contributed by atoms with van der Waals surface area (Å²) in [7, 11) is 0. The predicted molar refractivity (Wildman–Crippen MR) is 87.0 cm³/mol. The lowest BCUT2D eigenvalue weighted by Crippen LogP contribution is -2.39. The molecule has 1 unspecified atom stereocenters. The molecular weight excluding hydrogens is 320 g/mol. The van der Waals surface area contributed by atoms with Crippen LogP contribution in [0.1, 0.15) is 18.9 Å². The second-order valence-electron chi connectivity index (χ2n) is 5.44. The molecule has 0 aromatic heterocycles. The van der Waals surface area contributed by atoms with Gasteiger partial charge < -0.3 is 20.1 Å². The van der Waals surface area contributed by atoms with Crippen molar-refractivity contribution in [2.24, 2.45) is 5.92 Å². The van der Waals surface area contributed by atoms with E-state index >= 15 is 0 Å². The molecule has 0 bridgehead atoms. The number of benzene rings is 1. The van der Waals surface area contributed by atoms with Crippen molar-refractivity contribution in [1.29, 1.82) is 0 Å². The molecule has 0 aliphatic carbocycles. The maximum absolute atomic E-state index is 12.0. The normalized spacial score (nSPS) is 17.1. The summed E-state index contributed by atoms with van der Waals surface area (Å²) in [4.78, 5) is 24.5. The second-order valence-corrected chi connectivity index (χ2v) is 5.87. The van der Waals surface area contributed by atoms with E-state index in [2.05, 4.69) is 5.32 Å². The Balaban J connectivity index is 1.84. The molecule has 2 rings (SSSR count). The number of likely N-dealkylation sites (tertiary alicyclic amines) is 1. The van der Waals surface area contributed by atoms with Crippen molar-refractivity contribution in [3.8, 4) is 5.75 Å². The van der Waals surface area contributed by atoms with E-state index < -0.39 is 11.9 Å². The molecule has 1 aliphatic rings. The van der Waals surface area contributed by atoms with Gasteiger partial charge in [0.25, 0.3) is 0 Å². The van der Waals surface area contributed by atoms with Gasteiger partial charge in [-0.3, -0.25) is 4.79 Å². The van der Waals surface area contributed by atoms with Crippen molar-refractivity contribution in [2.75, 3.05) is 26.2 Å². The van der Waals surface area contributed by atoms with Crippen molar-refractivity contribution in [3.05, 3.63) is 28.8 Å². The third-order valence-corrected chi connectivity index (χ3v) is 4.05. The minimum atomic E-state index is -0.847. The fraction of sp³-hybridized carbons (Fsp3) is 0.500. The van der Waals surface area contributed by atoms with Crippen molar-refractivity contribution in [2.45, 2.75) is 19.8 Å². The number of nitrogens with zero attached hydrogens (tertiary/aromatic N) is 1. The molecule has 1 aliphatic heterocycles. The summed E-state index contributed by atoms with van der Waals surface area (Å²) in [6, 6.07) is 5.19. The van der Waals surface area contributed by atoms with Crippen LogP contribution >= 0.6 is 11.6 Å². The zero-order valence-electron chi connectivity index (χ0n) is 13.0. The average Bonchev–Trinajstić information content (AvgIpc) is 3.00. The smallest absolute Gasteiger partial charge is 0.317 e. The number of nitrogens with one attached hydrogen (secondary N) is 1. The van der Waals surface area contributed by atoms with Gasteiger partial charge in [-0.2, -0.15) is 0 Å². The summed E-state index contributed by atoms with van der Waals surface area (Å²) in [5, 5.41) is 12.4. The minimum Gasteiger partial charge on any atom is -0.494 e. The molecule has 1 atom stereocenters. The molecule has 7 heteroatoms. The van der Waals surface area contributed by atoms with Crippen molar-refractivity contribution in [1.82, 2.24) is 10.2 Å². The number of hydrogen-bond donors (Lipinski definition) is 2. The van der Waals surface area contributed by atoms with Gasteiger partial charge in [-0.15, -0.1) is 0 Å². The molecule has 126 valence electrons. The average molecular weight is 341 g/mol. The monoisotopic (exact) mass is 340 g/mol. The molecule has 1 fully saturated rings. The molecule has 2 amide bonds. The molecule has 2 N–H and O–H groups in total. The van der Waals surface area contributed by atoms with E-state index in [-0.39, 0.29) is 12.6 Å². The van der Waals surface area contributed by atoms with Crippen LogP contribution < -0.4 is 10.1 Å². The Kier molecular flexibility index (Phi) is 6.10. The maximum Gasteiger partial charge on any atom is 0.317 e. The summed E-state index contributed by atoms with van der Waals surface area (Å²) in [5.41, 5.74) is 0.935. The van der Waals surface area contributed by atoms with E-state index in [0.29, 0.717) is 37.6 Å². The van der Waals surface area contributed by atoms with Gasteiger partial charge in [0.05, 0.1) is 12.5 Å². The molecule has 1 aromatic carbocycles. The van der Waals surface area contributed by atoms with Gasteiger partial charge in [-0.1, -0.05) is 11.6 Å². The second kappa shape index (κ2) is 8.06. The van der Waals surface area contributed by atoms with Crippen LogP contribution in [0, 0.1) is 5.92 Å². The first kappa shape index (κ1) is 17.4. The van der Waals surface area contributed by atoms with E-state index in [9.17, 15) is 9.59 Å². The molecule has 0 spiro atoms. The number of carbonyl (C=O) groups is 2. The van der Waals surface area contributed by atoms with Gasteiger partial charge in [0, 0.05) is 24.7 Å². The van der Waals surface area contributed by atoms with Crippen LogP contribution in [-0.2, 0) is 11.2 Å². The molecule has 23 heavy (non-hydrogen) atoms. The minimum absolute atomic E-state index is 0.228. The van der Waals surface area contributed by atoms with Crippen molar-refractivity contribution in [3.63, 3.8) is 0 Å². The first-order chi connectivity index (χ1) is 11.0. The number of urea groups is 1. The largest absolute Gasteiger partial charge is 0.494 e. The highest BCUT2D eigenvalue weighted by Crippen LogP contribution is 2.23. The predicted octanol–water partition coefficient (Wildman–Crippen LogP) is 2.40. The summed E-state index contributed by atoms with van der Waals surface area (Å²) in [6.07, 6.45) is 1.10. The van der Waals surface area contributed by atoms with Crippen LogP contribution in [-0.4, -0.2) is 48.2 Å². The molecule has 1 aromatic rings. The lowest BCUT2D eigenvalue weighted by Gasteiger charge is -2.17. The Morgan fingerprint density at radius 2 is 2.26 bits per heavy atom. The van der Waals surface area contributed by atoms with Crippen molar-refractivity contribution < 1.29 is 19.4 Å². The zero-order valence-corrected chi connectivity index (χ0v) is 13.8. The van der Waals surface area contributed by atoms with Crippen LogP contribution in [0.4, 0.5) is 4.79 Å². The van der Waals surface area contributed by atoms with E-state index in [1.54, 1.807) is 11.0 Å². The van der Waals surface area contributed by atoms with E-state index in [4.69, 9.17) is 21.4 Å². The van der Waals surface area contributed by atoms with Crippen LogP contribution in [0.5, 0.6) is 5.75 Å². The number of amides is 2. The third kappa shape index (κ3) is 4.76.